The van der Waals surface area contributed by atoms with Crippen molar-refractivity contribution in [3.8, 4) is 17.2 Å². The third-order valence-electron chi connectivity index (χ3n) is 3.07. The number of nitrogens with zero attached hydrogens (tertiary/aromatic N) is 1. The van der Waals surface area contributed by atoms with Crippen LogP contribution in [0.5, 0.6) is 0 Å². The smallest absolute Gasteiger partial charge is 0.0766 e. The zero-order valence-electron chi connectivity index (χ0n) is 10.4. The van der Waals surface area contributed by atoms with Gasteiger partial charge in [0.15, 0.2) is 0 Å². The molecule has 1 nitrogen and oxygen atoms in total. The second-order valence-electron chi connectivity index (χ2n) is 4.79. The number of benzene rings is 2. The summed E-state index contributed by atoms with van der Waals surface area (Å²) in [7, 11) is 0. The first-order valence-corrected chi connectivity index (χ1v) is 6.60. The minimum absolute atomic E-state index is 0.438. The van der Waals surface area contributed by atoms with Gasteiger partial charge in [0.2, 0.25) is 0 Å². The van der Waals surface area contributed by atoms with Gasteiger partial charge in [-0.05, 0) is 36.6 Å². The van der Waals surface area contributed by atoms with Crippen LogP contribution in [0.25, 0.3) is 11.1 Å². The fourth-order valence-corrected chi connectivity index (χ4v) is 2.34. The Bertz CT molecular complexity index is 591. The van der Waals surface area contributed by atoms with Crippen molar-refractivity contribution in [1.82, 2.24) is 0 Å². The lowest BCUT2D eigenvalue weighted by Gasteiger charge is -2.16. The van der Waals surface area contributed by atoms with Gasteiger partial charge in [0.1, 0.15) is 0 Å². The molecule has 2 heteroatoms. The molecule has 0 bridgehead atoms. The molecule has 0 N–H and O–H groups in total. The van der Waals surface area contributed by atoms with Gasteiger partial charge in [0.25, 0.3) is 0 Å². The van der Waals surface area contributed by atoms with E-state index in [1.165, 1.54) is 5.56 Å². The SMILES string of the molecule is CC(C)(C#N)c1ccc(-c2ccccc2Br)cc1. The Morgan fingerprint density at radius 3 is 2.17 bits per heavy atom. The molecule has 0 radical (unpaired) electrons. The molecule has 0 aliphatic heterocycles. The van der Waals surface area contributed by atoms with E-state index in [1.54, 1.807) is 0 Å². The third-order valence-corrected chi connectivity index (χ3v) is 3.76. The second-order valence-corrected chi connectivity index (χ2v) is 5.65. The molecule has 2 aromatic rings. The Morgan fingerprint density at radius 2 is 1.61 bits per heavy atom. The number of halogens is 1. The average molecular weight is 300 g/mol. The summed E-state index contributed by atoms with van der Waals surface area (Å²) in [5.74, 6) is 0. The maximum atomic E-state index is 9.12. The fourth-order valence-electron chi connectivity index (χ4n) is 1.83. The minimum Gasteiger partial charge on any atom is -0.197 e. The van der Waals surface area contributed by atoms with Gasteiger partial charge in [-0.25, -0.2) is 0 Å². The van der Waals surface area contributed by atoms with E-state index in [2.05, 4.69) is 40.2 Å². The number of rotatable bonds is 2. The summed E-state index contributed by atoms with van der Waals surface area (Å²) in [6.07, 6.45) is 0. The summed E-state index contributed by atoms with van der Waals surface area (Å²) in [5.41, 5.74) is 2.92. The molecule has 18 heavy (non-hydrogen) atoms. The van der Waals surface area contributed by atoms with Crippen LogP contribution < -0.4 is 0 Å². The summed E-state index contributed by atoms with van der Waals surface area (Å²) in [6, 6.07) is 18.6. The molecule has 0 aliphatic carbocycles. The first kappa shape index (κ1) is 12.9. The largest absolute Gasteiger partial charge is 0.197 e. The Hall–Kier alpha value is -1.59. The van der Waals surface area contributed by atoms with Gasteiger partial charge in [-0.2, -0.15) is 5.26 Å². The maximum Gasteiger partial charge on any atom is 0.0766 e. The van der Waals surface area contributed by atoms with Gasteiger partial charge in [-0.15, -0.1) is 0 Å². The van der Waals surface area contributed by atoms with E-state index >= 15 is 0 Å². The summed E-state index contributed by atoms with van der Waals surface area (Å²) >= 11 is 3.55. The topological polar surface area (TPSA) is 23.8 Å². The molecule has 0 spiro atoms. The Morgan fingerprint density at radius 1 is 1.00 bits per heavy atom. The zero-order valence-corrected chi connectivity index (χ0v) is 12.0. The molecule has 0 saturated heterocycles. The lowest BCUT2D eigenvalue weighted by Crippen LogP contribution is -2.13. The van der Waals surface area contributed by atoms with Gasteiger partial charge >= 0.3 is 0 Å². The van der Waals surface area contributed by atoms with Crippen molar-refractivity contribution in [2.75, 3.05) is 0 Å². The van der Waals surface area contributed by atoms with Crippen LogP contribution in [0, 0.1) is 11.3 Å². The van der Waals surface area contributed by atoms with Crippen molar-refractivity contribution in [1.29, 1.82) is 5.26 Å². The highest BCUT2D eigenvalue weighted by atomic mass is 79.9. The molecule has 0 atom stereocenters. The van der Waals surface area contributed by atoms with Crippen LogP contribution in [-0.4, -0.2) is 0 Å². The average Bonchev–Trinajstić information content (AvgIpc) is 2.39. The molecule has 0 saturated carbocycles. The molecule has 90 valence electrons. The molecular formula is C16H14BrN. The quantitative estimate of drug-likeness (QED) is 0.772. The van der Waals surface area contributed by atoms with Crippen LogP contribution in [0.1, 0.15) is 19.4 Å². The van der Waals surface area contributed by atoms with E-state index in [1.807, 2.05) is 44.2 Å². The van der Waals surface area contributed by atoms with Gasteiger partial charge in [0, 0.05) is 4.47 Å². The molecule has 2 rings (SSSR count). The normalized spacial score (nSPS) is 11.0. The van der Waals surface area contributed by atoms with Crippen molar-refractivity contribution >= 4 is 15.9 Å². The van der Waals surface area contributed by atoms with Crippen molar-refractivity contribution in [2.24, 2.45) is 0 Å². The van der Waals surface area contributed by atoms with Gasteiger partial charge in [-0.1, -0.05) is 58.4 Å². The van der Waals surface area contributed by atoms with Crippen LogP contribution in [0.3, 0.4) is 0 Å². The molecule has 2 aromatic carbocycles. The molecule has 0 fully saturated rings. The Balaban J connectivity index is 2.41. The second kappa shape index (κ2) is 4.96. The number of hydrogen-bond acceptors (Lipinski definition) is 1. The van der Waals surface area contributed by atoms with Gasteiger partial charge < -0.3 is 0 Å². The van der Waals surface area contributed by atoms with Crippen LogP contribution in [0.2, 0.25) is 0 Å². The van der Waals surface area contributed by atoms with Crippen molar-refractivity contribution < 1.29 is 0 Å². The molecular weight excluding hydrogens is 286 g/mol. The van der Waals surface area contributed by atoms with E-state index in [9.17, 15) is 0 Å². The highest BCUT2D eigenvalue weighted by Crippen LogP contribution is 2.30. The number of nitriles is 1. The summed E-state index contributed by atoms with van der Waals surface area (Å²) in [5, 5.41) is 9.12. The molecule has 0 heterocycles. The zero-order chi connectivity index (χ0) is 13.2. The predicted molar refractivity (Wildman–Crippen MR) is 78.2 cm³/mol. The predicted octanol–water partition coefficient (Wildman–Crippen LogP) is 4.92. The van der Waals surface area contributed by atoms with Gasteiger partial charge in [-0.3, -0.25) is 0 Å². The van der Waals surface area contributed by atoms with Crippen molar-refractivity contribution in [3.05, 3.63) is 58.6 Å². The van der Waals surface area contributed by atoms with E-state index in [4.69, 9.17) is 5.26 Å². The van der Waals surface area contributed by atoms with E-state index in [-0.39, 0.29) is 0 Å². The van der Waals surface area contributed by atoms with E-state index in [0.717, 1.165) is 15.6 Å². The summed E-state index contributed by atoms with van der Waals surface area (Å²) < 4.78 is 1.08. The summed E-state index contributed by atoms with van der Waals surface area (Å²) in [4.78, 5) is 0. The Kier molecular flexibility index (Phi) is 3.54. The van der Waals surface area contributed by atoms with Crippen LogP contribution >= 0.6 is 15.9 Å². The van der Waals surface area contributed by atoms with Crippen molar-refractivity contribution in [2.45, 2.75) is 19.3 Å². The highest BCUT2D eigenvalue weighted by molar-refractivity contribution is 9.10. The van der Waals surface area contributed by atoms with Crippen LogP contribution in [0.4, 0.5) is 0 Å². The third kappa shape index (κ3) is 2.47. The molecule has 0 aromatic heterocycles. The fraction of sp³-hybridized carbons (Fsp3) is 0.188. The molecule has 0 aliphatic rings. The minimum atomic E-state index is -0.438. The highest BCUT2D eigenvalue weighted by Gasteiger charge is 2.19. The van der Waals surface area contributed by atoms with Crippen molar-refractivity contribution in [3.63, 3.8) is 0 Å². The molecule has 0 amide bonds. The van der Waals surface area contributed by atoms with Crippen LogP contribution in [-0.2, 0) is 5.41 Å². The number of hydrogen-bond donors (Lipinski definition) is 0. The van der Waals surface area contributed by atoms with E-state index < -0.39 is 5.41 Å². The lowest BCUT2D eigenvalue weighted by atomic mass is 9.85. The maximum absolute atomic E-state index is 9.12. The molecule has 0 unspecified atom stereocenters. The Labute approximate surface area is 116 Å². The summed E-state index contributed by atoms with van der Waals surface area (Å²) in [6.45, 7) is 3.86. The van der Waals surface area contributed by atoms with Crippen LogP contribution in [0.15, 0.2) is 53.0 Å². The lowest BCUT2D eigenvalue weighted by molar-refractivity contribution is 0.687. The first-order valence-electron chi connectivity index (χ1n) is 5.81. The first-order chi connectivity index (χ1) is 8.54. The van der Waals surface area contributed by atoms with Gasteiger partial charge in [0.05, 0.1) is 11.5 Å². The monoisotopic (exact) mass is 299 g/mol. The standard InChI is InChI=1S/C16H14BrN/c1-16(2,11-18)13-9-7-12(8-10-13)14-5-3-4-6-15(14)17/h3-10H,1-2H3. The van der Waals surface area contributed by atoms with E-state index in [0.29, 0.717) is 0 Å².